The van der Waals surface area contributed by atoms with Crippen LogP contribution in [-0.2, 0) is 13.1 Å². The summed E-state index contributed by atoms with van der Waals surface area (Å²) in [5.74, 6) is 0. The average molecular weight is 227 g/mol. The Labute approximate surface area is 88.6 Å². The molecule has 2 aromatic rings. The molecule has 2 N–H and O–H groups in total. The van der Waals surface area contributed by atoms with E-state index in [1.165, 1.54) is 11.3 Å². The molecule has 0 aliphatic heterocycles. The van der Waals surface area contributed by atoms with Crippen LogP contribution in [0.4, 0.5) is 0 Å². The molecular weight excluding hydrogens is 218 g/mol. The van der Waals surface area contributed by atoms with Gasteiger partial charge in [0.1, 0.15) is 5.01 Å². The van der Waals surface area contributed by atoms with Gasteiger partial charge >= 0.3 is 4.87 Å². The Morgan fingerprint density at radius 2 is 2.36 bits per heavy atom. The molecular formula is C8H9N3OS2. The molecule has 6 heteroatoms. The summed E-state index contributed by atoms with van der Waals surface area (Å²) in [6, 6.07) is 0. The van der Waals surface area contributed by atoms with E-state index in [1.54, 1.807) is 17.5 Å². The minimum absolute atomic E-state index is 0.00366. The topological polar surface area (TPSA) is 57.8 Å². The maximum atomic E-state index is 10.8. The molecule has 0 atom stereocenters. The first-order valence-electron chi connectivity index (χ1n) is 4.10. The van der Waals surface area contributed by atoms with Gasteiger partial charge in [-0.05, 0) is 0 Å². The lowest BCUT2D eigenvalue weighted by Gasteiger charge is -1.98. The second-order valence-corrected chi connectivity index (χ2v) is 4.52. The SMILES string of the molecule is O=c1[nH]c(CNCc2nccs2)cs1. The highest BCUT2D eigenvalue weighted by Crippen LogP contribution is 2.03. The summed E-state index contributed by atoms with van der Waals surface area (Å²) >= 11 is 2.81. The van der Waals surface area contributed by atoms with Gasteiger partial charge in [-0.1, -0.05) is 11.3 Å². The van der Waals surface area contributed by atoms with Crippen molar-refractivity contribution in [2.75, 3.05) is 0 Å². The van der Waals surface area contributed by atoms with Gasteiger partial charge < -0.3 is 10.3 Å². The van der Waals surface area contributed by atoms with Crippen molar-refractivity contribution < 1.29 is 0 Å². The van der Waals surface area contributed by atoms with Crippen LogP contribution in [0.1, 0.15) is 10.7 Å². The largest absolute Gasteiger partial charge is 0.315 e. The van der Waals surface area contributed by atoms with Crippen LogP contribution in [0.5, 0.6) is 0 Å². The van der Waals surface area contributed by atoms with Crippen molar-refractivity contribution >= 4 is 22.7 Å². The Kier molecular flexibility index (Phi) is 3.07. The highest BCUT2D eigenvalue weighted by molar-refractivity contribution is 7.09. The van der Waals surface area contributed by atoms with Crippen molar-refractivity contribution in [2.45, 2.75) is 13.1 Å². The van der Waals surface area contributed by atoms with Crippen molar-refractivity contribution in [3.05, 3.63) is 37.3 Å². The predicted molar refractivity (Wildman–Crippen MR) is 57.6 cm³/mol. The van der Waals surface area contributed by atoms with E-state index in [2.05, 4.69) is 15.3 Å². The van der Waals surface area contributed by atoms with Crippen molar-refractivity contribution in [1.82, 2.24) is 15.3 Å². The number of thiazole rings is 2. The van der Waals surface area contributed by atoms with Crippen LogP contribution < -0.4 is 10.2 Å². The van der Waals surface area contributed by atoms with Crippen LogP contribution in [0.3, 0.4) is 0 Å². The number of nitrogens with zero attached hydrogens (tertiary/aromatic N) is 1. The molecule has 0 fully saturated rings. The molecule has 4 nitrogen and oxygen atoms in total. The zero-order chi connectivity index (χ0) is 9.80. The quantitative estimate of drug-likeness (QED) is 0.824. The van der Waals surface area contributed by atoms with Crippen LogP contribution in [0.25, 0.3) is 0 Å². The molecule has 0 aliphatic carbocycles. The van der Waals surface area contributed by atoms with Gasteiger partial charge in [0, 0.05) is 35.7 Å². The summed E-state index contributed by atoms with van der Waals surface area (Å²) in [6.07, 6.45) is 1.79. The maximum absolute atomic E-state index is 10.8. The van der Waals surface area contributed by atoms with E-state index in [0.29, 0.717) is 6.54 Å². The third-order valence-corrected chi connectivity index (χ3v) is 3.14. The number of aromatic nitrogens is 2. The Bertz CT molecular complexity index is 431. The zero-order valence-corrected chi connectivity index (χ0v) is 8.95. The van der Waals surface area contributed by atoms with Crippen molar-refractivity contribution in [2.24, 2.45) is 0 Å². The van der Waals surface area contributed by atoms with Crippen molar-refractivity contribution in [3.63, 3.8) is 0 Å². The number of H-pyrrole nitrogens is 1. The molecule has 0 saturated heterocycles. The van der Waals surface area contributed by atoms with E-state index in [-0.39, 0.29) is 4.87 Å². The lowest BCUT2D eigenvalue weighted by atomic mass is 10.5. The zero-order valence-electron chi connectivity index (χ0n) is 7.32. The van der Waals surface area contributed by atoms with E-state index in [4.69, 9.17) is 0 Å². The molecule has 74 valence electrons. The summed E-state index contributed by atoms with van der Waals surface area (Å²) in [5.41, 5.74) is 0.927. The van der Waals surface area contributed by atoms with Gasteiger partial charge in [-0.3, -0.25) is 4.79 Å². The van der Waals surface area contributed by atoms with Gasteiger partial charge in [0.25, 0.3) is 0 Å². The van der Waals surface area contributed by atoms with Crippen LogP contribution in [0.15, 0.2) is 21.8 Å². The number of hydrogen-bond acceptors (Lipinski definition) is 5. The van der Waals surface area contributed by atoms with E-state index in [1.807, 2.05) is 10.8 Å². The van der Waals surface area contributed by atoms with Crippen molar-refractivity contribution in [3.8, 4) is 0 Å². The minimum atomic E-state index is -0.00366. The summed E-state index contributed by atoms with van der Waals surface area (Å²) in [6.45, 7) is 1.42. The Balaban J connectivity index is 1.81. The molecule has 0 bridgehead atoms. The molecule has 0 saturated carbocycles. The van der Waals surface area contributed by atoms with Crippen LogP contribution in [0.2, 0.25) is 0 Å². The number of rotatable bonds is 4. The van der Waals surface area contributed by atoms with Crippen LogP contribution >= 0.6 is 22.7 Å². The van der Waals surface area contributed by atoms with Gasteiger partial charge in [-0.15, -0.1) is 11.3 Å². The van der Waals surface area contributed by atoms with E-state index in [9.17, 15) is 4.79 Å². The summed E-state index contributed by atoms with van der Waals surface area (Å²) in [4.78, 5) is 17.7. The number of aromatic amines is 1. The molecule has 2 heterocycles. The summed E-state index contributed by atoms with van der Waals surface area (Å²) in [5, 5.41) is 8.04. The number of hydrogen-bond donors (Lipinski definition) is 2. The van der Waals surface area contributed by atoms with Gasteiger partial charge in [0.2, 0.25) is 0 Å². The molecule has 0 aliphatic rings. The van der Waals surface area contributed by atoms with Crippen molar-refractivity contribution in [1.29, 1.82) is 0 Å². The lowest BCUT2D eigenvalue weighted by Crippen LogP contribution is -2.13. The monoisotopic (exact) mass is 227 g/mol. The van der Waals surface area contributed by atoms with Gasteiger partial charge in [-0.25, -0.2) is 4.98 Å². The first-order valence-corrected chi connectivity index (χ1v) is 5.86. The van der Waals surface area contributed by atoms with Gasteiger partial charge in [-0.2, -0.15) is 0 Å². The smallest absolute Gasteiger partial charge is 0.304 e. The standard InChI is InChI=1S/C8H9N3OS2/c12-8-11-6(5-14-8)3-9-4-7-10-1-2-13-7/h1-2,5,9H,3-4H2,(H,11,12). The first-order chi connectivity index (χ1) is 6.84. The van der Waals surface area contributed by atoms with Crippen LogP contribution in [0, 0.1) is 0 Å². The van der Waals surface area contributed by atoms with E-state index in [0.717, 1.165) is 17.2 Å². The second-order valence-electron chi connectivity index (χ2n) is 2.70. The highest BCUT2D eigenvalue weighted by atomic mass is 32.1. The third-order valence-electron chi connectivity index (χ3n) is 1.65. The summed E-state index contributed by atoms with van der Waals surface area (Å²) < 4.78 is 0. The molecule has 0 spiro atoms. The fourth-order valence-corrected chi connectivity index (χ4v) is 2.21. The fourth-order valence-electron chi connectivity index (χ4n) is 1.04. The Morgan fingerprint density at radius 1 is 1.43 bits per heavy atom. The Morgan fingerprint density at radius 3 is 3.00 bits per heavy atom. The normalized spacial score (nSPS) is 10.6. The van der Waals surface area contributed by atoms with E-state index < -0.39 is 0 Å². The van der Waals surface area contributed by atoms with Crippen LogP contribution in [-0.4, -0.2) is 9.97 Å². The molecule has 14 heavy (non-hydrogen) atoms. The second kappa shape index (κ2) is 4.50. The van der Waals surface area contributed by atoms with Gasteiger partial charge in [0.05, 0.1) is 0 Å². The maximum Gasteiger partial charge on any atom is 0.304 e. The summed E-state index contributed by atoms with van der Waals surface area (Å²) in [7, 11) is 0. The fraction of sp³-hybridized carbons (Fsp3) is 0.250. The first kappa shape index (κ1) is 9.57. The number of nitrogens with one attached hydrogen (secondary N) is 2. The van der Waals surface area contributed by atoms with E-state index >= 15 is 0 Å². The third kappa shape index (κ3) is 2.50. The van der Waals surface area contributed by atoms with Gasteiger partial charge in [0.15, 0.2) is 0 Å². The average Bonchev–Trinajstić information content (AvgIpc) is 2.77. The highest BCUT2D eigenvalue weighted by Gasteiger charge is 1.97. The molecule has 0 radical (unpaired) electrons. The minimum Gasteiger partial charge on any atom is -0.315 e. The molecule has 0 amide bonds. The Hall–Kier alpha value is -0.980. The lowest BCUT2D eigenvalue weighted by molar-refractivity contribution is 0.678. The molecule has 0 aromatic carbocycles. The predicted octanol–water partition coefficient (Wildman–Crippen LogP) is 1.18. The molecule has 2 aromatic heterocycles. The molecule has 2 rings (SSSR count). The molecule has 0 unspecified atom stereocenters.